The Morgan fingerprint density at radius 2 is 1.83 bits per heavy atom. The van der Waals surface area contributed by atoms with Crippen molar-refractivity contribution in [2.24, 2.45) is 0 Å². The molecular formula is C20H17Cl2NO. The Labute approximate surface area is 151 Å². The van der Waals surface area contributed by atoms with Crippen LogP contribution in [-0.2, 0) is 6.42 Å². The van der Waals surface area contributed by atoms with Gasteiger partial charge in [-0.2, -0.15) is 0 Å². The van der Waals surface area contributed by atoms with Crippen LogP contribution in [0, 0.1) is 0 Å². The van der Waals surface area contributed by atoms with E-state index >= 15 is 0 Å². The maximum atomic E-state index is 10.5. The number of aliphatic hydroxyl groups is 1. The van der Waals surface area contributed by atoms with E-state index in [1.54, 1.807) is 6.07 Å². The largest absolute Gasteiger partial charge is 0.393 e. The Bertz CT molecular complexity index is 909. The van der Waals surface area contributed by atoms with E-state index < -0.39 is 6.10 Å². The zero-order valence-electron chi connectivity index (χ0n) is 13.0. The minimum atomic E-state index is -0.420. The molecule has 2 nitrogen and oxygen atoms in total. The Kier molecular flexibility index (Phi) is 4.13. The molecule has 0 aliphatic carbocycles. The first-order valence-corrected chi connectivity index (χ1v) is 8.77. The summed E-state index contributed by atoms with van der Waals surface area (Å²) in [5, 5.41) is 17.7. The van der Waals surface area contributed by atoms with Crippen LogP contribution in [0.2, 0.25) is 10.0 Å². The number of nitrogens with one attached hydrogen (secondary N) is 1. The molecule has 0 unspecified atom stereocenters. The van der Waals surface area contributed by atoms with Gasteiger partial charge in [0.05, 0.1) is 12.1 Å². The normalized spacial score (nSPS) is 20.3. The maximum Gasteiger partial charge on any atom is 0.0604 e. The summed E-state index contributed by atoms with van der Waals surface area (Å²) in [4.78, 5) is 0. The van der Waals surface area contributed by atoms with Crippen LogP contribution in [0.5, 0.6) is 0 Å². The quantitative estimate of drug-likeness (QED) is 0.593. The standard InChI is InChI=1S/C20H17Cl2NO/c21-14-7-8-17(18(22)10-14)19-11-15(24)9-13-6-5-12-3-1-2-4-16(12)20(13)23-19/h1-8,10,15,19,23-24H,9,11H2/t15-,19+/m1/s1. The highest BCUT2D eigenvalue weighted by molar-refractivity contribution is 6.35. The Morgan fingerprint density at radius 1 is 1.00 bits per heavy atom. The molecule has 0 spiro atoms. The van der Waals surface area contributed by atoms with E-state index in [4.69, 9.17) is 23.2 Å². The van der Waals surface area contributed by atoms with Crippen LogP contribution in [-0.4, -0.2) is 11.2 Å². The Morgan fingerprint density at radius 3 is 2.67 bits per heavy atom. The van der Waals surface area contributed by atoms with Gasteiger partial charge in [-0.05, 0) is 35.1 Å². The molecule has 0 radical (unpaired) electrons. The first kappa shape index (κ1) is 15.8. The smallest absolute Gasteiger partial charge is 0.0604 e. The fourth-order valence-corrected chi connectivity index (χ4v) is 4.03. The van der Waals surface area contributed by atoms with E-state index in [0.29, 0.717) is 22.9 Å². The van der Waals surface area contributed by atoms with Crippen molar-refractivity contribution in [3.05, 3.63) is 75.8 Å². The summed E-state index contributed by atoms with van der Waals surface area (Å²) in [5.41, 5.74) is 3.18. The molecule has 3 aromatic carbocycles. The van der Waals surface area contributed by atoms with Gasteiger partial charge in [0, 0.05) is 27.5 Å². The van der Waals surface area contributed by atoms with Gasteiger partial charge in [0.1, 0.15) is 0 Å². The zero-order valence-corrected chi connectivity index (χ0v) is 14.5. The van der Waals surface area contributed by atoms with Crippen LogP contribution in [0.1, 0.15) is 23.6 Å². The van der Waals surface area contributed by atoms with Gasteiger partial charge in [0.2, 0.25) is 0 Å². The van der Waals surface area contributed by atoms with Crippen LogP contribution in [0.15, 0.2) is 54.6 Å². The minimum absolute atomic E-state index is 0.0585. The molecule has 122 valence electrons. The second-order valence-electron chi connectivity index (χ2n) is 6.28. The topological polar surface area (TPSA) is 32.3 Å². The fraction of sp³-hybridized carbons (Fsp3) is 0.200. The van der Waals surface area contributed by atoms with E-state index in [9.17, 15) is 5.11 Å². The molecule has 0 saturated carbocycles. The number of aliphatic hydroxyl groups excluding tert-OH is 1. The summed E-state index contributed by atoms with van der Waals surface area (Å²) < 4.78 is 0. The third kappa shape index (κ3) is 2.86. The average Bonchev–Trinajstić information content (AvgIpc) is 2.73. The summed E-state index contributed by atoms with van der Waals surface area (Å²) in [6, 6.07) is 18.0. The summed E-state index contributed by atoms with van der Waals surface area (Å²) in [6.07, 6.45) is 0.816. The molecule has 4 heteroatoms. The summed E-state index contributed by atoms with van der Waals surface area (Å²) in [7, 11) is 0. The van der Waals surface area contributed by atoms with E-state index in [0.717, 1.165) is 16.8 Å². The number of anilines is 1. The minimum Gasteiger partial charge on any atom is -0.393 e. The van der Waals surface area contributed by atoms with Crippen molar-refractivity contribution in [2.45, 2.75) is 25.0 Å². The van der Waals surface area contributed by atoms with Crippen LogP contribution in [0.25, 0.3) is 10.8 Å². The Balaban J connectivity index is 1.84. The first-order valence-electron chi connectivity index (χ1n) is 8.02. The third-order valence-corrected chi connectivity index (χ3v) is 5.20. The van der Waals surface area contributed by atoms with E-state index in [2.05, 4.69) is 29.6 Å². The van der Waals surface area contributed by atoms with Gasteiger partial charge in [0.25, 0.3) is 0 Å². The van der Waals surface area contributed by atoms with E-state index in [1.165, 1.54) is 10.8 Å². The third-order valence-electron chi connectivity index (χ3n) is 4.64. The summed E-state index contributed by atoms with van der Waals surface area (Å²) >= 11 is 12.4. The lowest BCUT2D eigenvalue weighted by Crippen LogP contribution is -2.16. The maximum absolute atomic E-state index is 10.5. The lowest BCUT2D eigenvalue weighted by atomic mass is 9.99. The van der Waals surface area contributed by atoms with Gasteiger partial charge in [0.15, 0.2) is 0 Å². The molecule has 0 saturated heterocycles. The van der Waals surface area contributed by atoms with Gasteiger partial charge < -0.3 is 10.4 Å². The van der Waals surface area contributed by atoms with Gasteiger partial charge >= 0.3 is 0 Å². The van der Waals surface area contributed by atoms with Gasteiger partial charge in [-0.3, -0.25) is 0 Å². The summed E-state index contributed by atoms with van der Waals surface area (Å²) in [5.74, 6) is 0. The first-order chi connectivity index (χ1) is 11.6. The van der Waals surface area contributed by atoms with Crippen molar-refractivity contribution in [1.29, 1.82) is 0 Å². The predicted octanol–water partition coefficient (Wildman–Crippen LogP) is 5.61. The van der Waals surface area contributed by atoms with Crippen LogP contribution < -0.4 is 5.32 Å². The molecular weight excluding hydrogens is 341 g/mol. The lowest BCUT2D eigenvalue weighted by Gasteiger charge is -2.22. The zero-order chi connectivity index (χ0) is 16.7. The molecule has 1 aliphatic heterocycles. The van der Waals surface area contributed by atoms with Crippen molar-refractivity contribution in [3.8, 4) is 0 Å². The molecule has 2 N–H and O–H groups in total. The molecule has 0 bridgehead atoms. The monoisotopic (exact) mass is 357 g/mol. The van der Waals surface area contributed by atoms with Crippen molar-refractivity contribution in [2.75, 3.05) is 5.32 Å². The molecule has 0 aromatic heterocycles. The molecule has 24 heavy (non-hydrogen) atoms. The molecule has 1 aliphatic rings. The van der Waals surface area contributed by atoms with Crippen LogP contribution in [0.4, 0.5) is 5.69 Å². The number of halogens is 2. The highest BCUT2D eigenvalue weighted by atomic mass is 35.5. The summed E-state index contributed by atoms with van der Waals surface area (Å²) in [6.45, 7) is 0. The van der Waals surface area contributed by atoms with Crippen molar-refractivity contribution in [3.63, 3.8) is 0 Å². The molecule has 0 fully saturated rings. The van der Waals surface area contributed by atoms with Gasteiger partial charge in [-0.1, -0.05) is 65.7 Å². The fourth-order valence-electron chi connectivity index (χ4n) is 3.49. The van der Waals surface area contributed by atoms with Crippen LogP contribution in [0.3, 0.4) is 0 Å². The molecule has 4 rings (SSSR count). The highest BCUT2D eigenvalue weighted by Crippen LogP contribution is 2.38. The molecule has 1 heterocycles. The van der Waals surface area contributed by atoms with Gasteiger partial charge in [-0.15, -0.1) is 0 Å². The molecule has 0 amide bonds. The average molecular weight is 358 g/mol. The van der Waals surface area contributed by atoms with Crippen LogP contribution >= 0.6 is 23.2 Å². The SMILES string of the molecule is O[C@@H]1Cc2ccc3ccccc3c2N[C@H](c2ccc(Cl)cc2Cl)C1. The van der Waals surface area contributed by atoms with Crippen molar-refractivity contribution >= 4 is 39.7 Å². The number of fused-ring (bicyclic) bond motifs is 3. The van der Waals surface area contributed by atoms with E-state index in [-0.39, 0.29) is 6.04 Å². The second kappa shape index (κ2) is 6.29. The molecule has 3 aromatic rings. The van der Waals surface area contributed by atoms with Gasteiger partial charge in [-0.25, -0.2) is 0 Å². The van der Waals surface area contributed by atoms with Crippen molar-refractivity contribution in [1.82, 2.24) is 0 Å². The van der Waals surface area contributed by atoms with E-state index in [1.807, 2.05) is 24.3 Å². The predicted molar refractivity (Wildman–Crippen MR) is 101 cm³/mol. The highest BCUT2D eigenvalue weighted by Gasteiger charge is 2.25. The van der Waals surface area contributed by atoms with Crippen molar-refractivity contribution < 1.29 is 5.11 Å². The molecule has 2 atom stereocenters. The lowest BCUT2D eigenvalue weighted by molar-refractivity contribution is 0.161. The number of benzene rings is 3. The Hall–Kier alpha value is -1.74. The number of hydrogen-bond acceptors (Lipinski definition) is 2. The number of rotatable bonds is 1. The number of hydrogen-bond donors (Lipinski definition) is 2. The second-order valence-corrected chi connectivity index (χ2v) is 7.12.